The molecule has 0 saturated carbocycles. The molecule has 2 aliphatic rings. The molecule has 3 heterocycles. The van der Waals surface area contributed by atoms with Crippen molar-refractivity contribution in [2.45, 2.75) is 64.9 Å². The van der Waals surface area contributed by atoms with E-state index in [4.69, 9.17) is 9.72 Å². The van der Waals surface area contributed by atoms with Crippen LogP contribution in [0.25, 0.3) is 11.3 Å². The maximum absolute atomic E-state index is 15.3. The minimum Gasteiger partial charge on any atom is -0.481 e. The van der Waals surface area contributed by atoms with E-state index in [1.807, 2.05) is 30.3 Å². The van der Waals surface area contributed by atoms with Gasteiger partial charge in [-0.25, -0.2) is 18.2 Å². The predicted molar refractivity (Wildman–Crippen MR) is 201 cm³/mol. The number of aliphatic carboxylic acids is 1. The summed E-state index contributed by atoms with van der Waals surface area (Å²) in [5.74, 6) is -4.81. The van der Waals surface area contributed by atoms with E-state index < -0.39 is 71.4 Å². The van der Waals surface area contributed by atoms with Gasteiger partial charge in [0.15, 0.2) is 0 Å². The molecule has 57 heavy (non-hydrogen) atoms. The van der Waals surface area contributed by atoms with Crippen LogP contribution < -0.4 is 5.32 Å². The summed E-state index contributed by atoms with van der Waals surface area (Å²) >= 11 is 0. The molecular formula is C40H49F3N6O8. The smallest absolute Gasteiger partial charge is 0.304 e. The molecule has 5 rings (SSSR count). The van der Waals surface area contributed by atoms with Crippen LogP contribution in [-0.4, -0.2) is 128 Å². The van der Waals surface area contributed by atoms with Crippen LogP contribution in [-0.2, 0) is 30.5 Å². The lowest BCUT2D eigenvalue weighted by Crippen LogP contribution is -2.50. The van der Waals surface area contributed by atoms with Crippen molar-refractivity contribution < 1.29 is 52.4 Å². The van der Waals surface area contributed by atoms with Gasteiger partial charge in [0.05, 0.1) is 24.8 Å². The van der Waals surface area contributed by atoms with Gasteiger partial charge in [-0.3, -0.25) is 29.0 Å². The molecule has 1 aromatic heterocycles. The van der Waals surface area contributed by atoms with Crippen LogP contribution in [0.15, 0.2) is 66.9 Å². The van der Waals surface area contributed by atoms with E-state index in [1.54, 1.807) is 24.6 Å². The molecule has 3 aromatic rings. The first-order valence-corrected chi connectivity index (χ1v) is 18.7. The van der Waals surface area contributed by atoms with Crippen molar-refractivity contribution in [3.63, 3.8) is 0 Å². The highest BCUT2D eigenvalue weighted by molar-refractivity contribution is 6.12. The van der Waals surface area contributed by atoms with Crippen LogP contribution in [0.1, 0.15) is 51.0 Å². The number of benzene rings is 2. The van der Waals surface area contributed by atoms with Crippen molar-refractivity contribution in [2.75, 3.05) is 45.9 Å². The minimum atomic E-state index is -1.67. The molecule has 2 aliphatic heterocycles. The summed E-state index contributed by atoms with van der Waals surface area (Å²) in [5.41, 5.74) is -0.305. The molecule has 4 N–H and O–H groups in total. The number of amides is 3. The molecule has 0 radical (unpaired) electrons. The molecule has 1 saturated heterocycles. The monoisotopic (exact) mass is 798 g/mol. The molecule has 1 fully saturated rings. The summed E-state index contributed by atoms with van der Waals surface area (Å²) in [7, 11) is 0. The standard InChI is InChI=1S/C40H49F3N6O8/c1-25(50)38(55)49(23-27-20-44-21-31(27)43)36(37-45-32(29-19-28(41)9-10-30(29)42)24-47(37)22-26-7-5-4-6-8-26)40(2,3)14-18-57-39(56)46(15-13-35(53)54)16-17-48-33(51)11-12-34(48)52/h4-12,19,24-25,27,31,36,39,44,50,56H,13-18,20-23H2,1-3H3,(H,53,54). The van der Waals surface area contributed by atoms with Crippen molar-refractivity contribution in [3.8, 4) is 11.3 Å². The van der Waals surface area contributed by atoms with Crippen molar-refractivity contribution in [1.29, 1.82) is 0 Å². The Morgan fingerprint density at radius 3 is 2.39 bits per heavy atom. The van der Waals surface area contributed by atoms with Gasteiger partial charge in [-0.05, 0) is 42.5 Å². The van der Waals surface area contributed by atoms with Crippen LogP contribution in [0.3, 0.4) is 0 Å². The average Bonchev–Trinajstić information content (AvgIpc) is 3.86. The largest absolute Gasteiger partial charge is 0.481 e. The molecule has 0 bridgehead atoms. The molecule has 5 atom stereocenters. The van der Waals surface area contributed by atoms with Gasteiger partial charge in [0.2, 0.25) is 6.41 Å². The van der Waals surface area contributed by atoms with Gasteiger partial charge >= 0.3 is 5.97 Å². The van der Waals surface area contributed by atoms with E-state index in [0.717, 1.165) is 40.8 Å². The summed E-state index contributed by atoms with van der Waals surface area (Å²) in [6.45, 7) is 4.64. The normalized spacial score (nSPS) is 18.7. The number of nitrogens with zero attached hydrogens (tertiary/aromatic N) is 5. The van der Waals surface area contributed by atoms with Crippen LogP contribution in [0, 0.1) is 23.0 Å². The molecule has 17 heteroatoms. The first-order valence-electron chi connectivity index (χ1n) is 18.7. The third-order valence-electron chi connectivity index (χ3n) is 10.3. The van der Waals surface area contributed by atoms with E-state index in [0.29, 0.717) is 0 Å². The number of carbonyl (C=O) groups is 4. The molecule has 0 spiro atoms. The number of carboxylic acid groups (broad SMARTS) is 1. The van der Waals surface area contributed by atoms with E-state index in [2.05, 4.69) is 5.32 Å². The number of alkyl halides is 1. The summed E-state index contributed by atoms with van der Waals surface area (Å²) in [5, 5.41) is 34.2. The number of ether oxygens (including phenoxy) is 1. The van der Waals surface area contributed by atoms with Gasteiger partial charge in [-0.1, -0.05) is 44.2 Å². The number of aliphatic hydroxyl groups excluding tert-OH is 2. The second-order valence-corrected chi connectivity index (χ2v) is 15.0. The fourth-order valence-electron chi connectivity index (χ4n) is 7.11. The molecule has 5 unspecified atom stereocenters. The molecule has 2 aromatic carbocycles. The number of aromatic nitrogens is 2. The number of rotatable bonds is 20. The zero-order valence-corrected chi connectivity index (χ0v) is 32.1. The SMILES string of the molecule is CC(O)C(=O)N(CC1CNCC1F)C(c1nc(-c2cc(F)ccc2F)cn1Cc1ccccc1)C(C)(C)CCOC(O)N(CCC(=O)O)CCN1C(=O)C=CC1=O. The van der Waals surface area contributed by atoms with E-state index >= 15 is 8.78 Å². The number of imide groups is 1. The van der Waals surface area contributed by atoms with Gasteiger partial charge < -0.3 is 34.8 Å². The Kier molecular flexibility index (Phi) is 14.4. The van der Waals surface area contributed by atoms with Gasteiger partial charge in [0.25, 0.3) is 17.7 Å². The lowest BCUT2D eigenvalue weighted by Gasteiger charge is -2.43. The lowest BCUT2D eigenvalue weighted by molar-refractivity contribution is -0.199. The maximum Gasteiger partial charge on any atom is 0.304 e. The van der Waals surface area contributed by atoms with Crippen molar-refractivity contribution in [2.24, 2.45) is 11.3 Å². The van der Waals surface area contributed by atoms with Gasteiger partial charge in [0, 0.05) is 75.6 Å². The quantitative estimate of drug-likeness (QED) is 0.0976. The maximum atomic E-state index is 15.3. The fourth-order valence-corrected chi connectivity index (χ4v) is 7.11. The highest BCUT2D eigenvalue weighted by Gasteiger charge is 2.44. The van der Waals surface area contributed by atoms with Crippen molar-refractivity contribution in [1.82, 2.24) is 29.6 Å². The number of hydrogen-bond donors (Lipinski definition) is 4. The molecule has 3 amide bonds. The van der Waals surface area contributed by atoms with Crippen LogP contribution >= 0.6 is 0 Å². The number of carboxylic acids is 1. The van der Waals surface area contributed by atoms with Crippen molar-refractivity contribution in [3.05, 3.63) is 89.9 Å². The summed E-state index contributed by atoms with van der Waals surface area (Å²) in [4.78, 5) is 58.1. The molecular weight excluding hydrogens is 749 g/mol. The van der Waals surface area contributed by atoms with Crippen LogP contribution in [0.5, 0.6) is 0 Å². The first-order chi connectivity index (χ1) is 27.0. The Balaban J connectivity index is 1.51. The number of hydrogen-bond acceptors (Lipinski definition) is 10. The van der Waals surface area contributed by atoms with Crippen molar-refractivity contribution >= 4 is 23.7 Å². The number of aliphatic hydroxyl groups is 2. The Labute approximate surface area is 328 Å². The van der Waals surface area contributed by atoms with Gasteiger partial charge in [-0.15, -0.1) is 0 Å². The van der Waals surface area contributed by atoms with E-state index in [-0.39, 0.29) is 82.3 Å². The van der Waals surface area contributed by atoms with E-state index in [9.17, 15) is 38.9 Å². The number of carbonyl (C=O) groups excluding carboxylic acids is 3. The summed E-state index contributed by atoms with van der Waals surface area (Å²) in [6, 6.07) is 11.2. The average molecular weight is 799 g/mol. The first kappa shape index (κ1) is 43.2. The predicted octanol–water partition coefficient (Wildman–Crippen LogP) is 3.10. The molecule has 308 valence electrons. The summed E-state index contributed by atoms with van der Waals surface area (Å²) in [6.07, 6.45) is -1.02. The van der Waals surface area contributed by atoms with Gasteiger partial charge in [-0.2, -0.15) is 0 Å². The minimum absolute atomic E-state index is 0.0694. The number of imidazole rings is 1. The Hall–Kier alpha value is -4.94. The molecule has 0 aliphatic carbocycles. The fraction of sp³-hybridized carbons (Fsp3) is 0.475. The van der Waals surface area contributed by atoms with Crippen LogP contribution in [0.4, 0.5) is 13.2 Å². The number of nitrogens with one attached hydrogen (secondary N) is 1. The van der Waals surface area contributed by atoms with Gasteiger partial charge in [0.1, 0.15) is 29.7 Å². The second-order valence-electron chi connectivity index (χ2n) is 15.0. The van der Waals surface area contributed by atoms with Crippen LogP contribution in [0.2, 0.25) is 0 Å². The zero-order chi connectivity index (χ0) is 41.4. The zero-order valence-electron chi connectivity index (χ0n) is 32.1. The topological polar surface area (TPSA) is 178 Å². The summed E-state index contributed by atoms with van der Waals surface area (Å²) < 4.78 is 52.6. The highest BCUT2D eigenvalue weighted by Crippen LogP contribution is 2.43. The Morgan fingerprint density at radius 1 is 1.05 bits per heavy atom. The molecule has 14 nitrogen and oxygen atoms in total. The lowest BCUT2D eigenvalue weighted by atomic mass is 9.79. The second kappa shape index (κ2) is 19.0. The Morgan fingerprint density at radius 2 is 1.75 bits per heavy atom. The Bertz CT molecular complexity index is 1910. The number of halogens is 3. The third kappa shape index (κ3) is 10.9. The highest BCUT2D eigenvalue weighted by atomic mass is 19.1. The third-order valence-corrected chi connectivity index (χ3v) is 10.3. The van der Waals surface area contributed by atoms with E-state index in [1.165, 1.54) is 16.7 Å².